The summed E-state index contributed by atoms with van der Waals surface area (Å²) in [5.74, 6) is 0.627. The number of aromatic nitrogens is 1. The molecule has 0 bridgehead atoms. The molecule has 2 N–H and O–H groups in total. The van der Waals surface area contributed by atoms with Crippen LogP contribution in [0.2, 0.25) is 0 Å². The third kappa shape index (κ3) is 7.80. The van der Waals surface area contributed by atoms with Crippen LogP contribution < -0.4 is 10.5 Å². The van der Waals surface area contributed by atoms with Crippen molar-refractivity contribution in [3.8, 4) is 11.6 Å². The largest absolute Gasteiger partial charge is 0.439 e. The van der Waals surface area contributed by atoms with Gasteiger partial charge in [0.05, 0.1) is 5.56 Å². The predicted molar refractivity (Wildman–Crippen MR) is 139 cm³/mol. The van der Waals surface area contributed by atoms with Crippen LogP contribution in [0, 0.1) is 0 Å². The first-order valence-corrected chi connectivity index (χ1v) is 12.0. The Morgan fingerprint density at radius 3 is 2.03 bits per heavy atom. The highest BCUT2D eigenvalue weighted by molar-refractivity contribution is 5.92. The van der Waals surface area contributed by atoms with E-state index in [0.717, 1.165) is 38.9 Å². The zero-order valence-corrected chi connectivity index (χ0v) is 19.8. The van der Waals surface area contributed by atoms with E-state index >= 15 is 0 Å². The van der Waals surface area contributed by atoms with Crippen LogP contribution in [0.4, 0.5) is 0 Å². The summed E-state index contributed by atoms with van der Waals surface area (Å²) in [4.78, 5) is 17.9. The fourth-order valence-corrected chi connectivity index (χ4v) is 3.98. The molecule has 0 atom stereocenters. The summed E-state index contributed by atoms with van der Waals surface area (Å²) in [6.07, 6.45) is 4.60. The van der Waals surface area contributed by atoms with Crippen LogP contribution in [0.15, 0.2) is 103 Å². The number of hydrogen-bond donors (Lipinski definition) is 1. The molecule has 0 aliphatic carbocycles. The number of pyridine rings is 1. The van der Waals surface area contributed by atoms with Crippen molar-refractivity contribution in [1.29, 1.82) is 0 Å². The number of nitrogens with zero attached hydrogens (tertiary/aromatic N) is 2. The van der Waals surface area contributed by atoms with Crippen molar-refractivity contribution in [2.75, 3.05) is 13.1 Å². The highest BCUT2D eigenvalue weighted by atomic mass is 16.5. The molecule has 1 aromatic heterocycles. The third-order valence-electron chi connectivity index (χ3n) is 5.91. The molecule has 4 aromatic rings. The average Bonchev–Trinajstić information content (AvgIpc) is 2.89. The van der Waals surface area contributed by atoms with Crippen LogP contribution in [0.3, 0.4) is 0 Å². The maximum atomic E-state index is 11.2. The number of rotatable bonds is 12. The van der Waals surface area contributed by atoms with Gasteiger partial charge in [-0.15, -0.1) is 0 Å². The van der Waals surface area contributed by atoms with Crippen LogP contribution in [-0.2, 0) is 19.4 Å². The van der Waals surface area contributed by atoms with Gasteiger partial charge in [0, 0.05) is 25.4 Å². The van der Waals surface area contributed by atoms with Crippen LogP contribution in [0.1, 0.15) is 33.5 Å². The Balaban J connectivity index is 1.32. The van der Waals surface area contributed by atoms with Crippen molar-refractivity contribution < 1.29 is 9.53 Å². The molecule has 0 saturated heterocycles. The second-order valence-electron chi connectivity index (χ2n) is 8.60. The summed E-state index contributed by atoms with van der Waals surface area (Å²) < 4.78 is 5.79. The highest BCUT2D eigenvalue weighted by Gasteiger charge is 2.08. The molecule has 178 valence electrons. The number of benzene rings is 3. The SMILES string of the molecule is NC(=O)c1ccc(Oc2ccc(CCN(CCCc3ccccc3)Cc3ccccc3)cc2)nc1. The van der Waals surface area contributed by atoms with Crippen molar-refractivity contribution in [3.05, 3.63) is 126 Å². The lowest BCUT2D eigenvalue weighted by Crippen LogP contribution is -2.27. The van der Waals surface area contributed by atoms with Gasteiger partial charge in [-0.25, -0.2) is 4.98 Å². The summed E-state index contributed by atoms with van der Waals surface area (Å²) in [5, 5.41) is 0. The van der Waals surface area contributed by atoms with E-state index in [2.05, 4.69) is 82.7 Å². The maximum absolute atomic E-state index is 11.2. The van der Waals surface area contributed by atoms with Gasteiger partial charge in [-0.3, -0.25) is 9.69 Å². The number of carbonyl (C=O) groups is 1. The molecule has 0 aliphatic heterocycles. The Morgan fingerprint density at radius 1 is 0.743 bits per heavy atom. The molecule has 0 spiro atoms. The van der Waals surface area contributed by atoms with E-state index < -0.39 is 5.91 Å². The maximum Gasteiger partial charge on any atom is 0.250 e. The van der Waals surface area contributed by atoms with E-state index in [1.807, 2.05) is 12.1 Å². The summed E-state index contributed by atoms with van der Waals surface area (Å²) in [7, 11) is 0. The molecule has 0 aliphatic rings. The summed E-state index contributed by atoms with van der Waals surface area (Å²) >= 11 is 0. The summed E-state index contributed by atoms with van der Waals surface area (Å²) in [5.41, 5.74) is 9.60. The number of aryl methyl sites for hydroxylation is 1. The third-order valence-corrected chi connectivity index (χ3v) is 5.91. The normalized spacial score (nSPS) is 10.9. The molecule has 35 heavy (non-hydrogen) atoms. The van der Waals surface area contributed by atoms with Gasteiger partial charge in [0.2, 0.25) is 11.8 Å². The van der Waals surface area contributed by atoms with Crippen LogP contribution in [0.5, 0.6) is 11.6 Å². The van der Waals surface area contributed by atoms with Gasteiger partial charge in [-0.2, -0.15) is 0 Å². The van der Waals surface area contributed by atoms with Gasteiger partial charge in [-0.1, -0.05) is 72.8 Å². The second-order valence-corrected chi connectivity index (χ2v) is 8.60. The molecule has 3 aromatic carbocycles. The minimum Gasteiger partial charge on any atom is -0.439 e. The Hall–Kier alpha value is -3.96. The van der Waals surface area contributed by atoms with E-state index in [9.17, 15) is 4.79 Å². The van der Waals surface area contributed by atoms with Crippen molar-refractivity contribution in [3.63, 3.8) is 0 Å². The number of ether oxygens (including phenoxy) is 1. The molecule has 1 heterocycles. The lowest BCUT2D eigenvalue weighted by molar-refractivity contribution is 0.1000. The van der Waals surface area contributed by atoms with Gasteiger partial charge in [0.25, 0.3) is 0 Å². The van der Waals surface area contributed by atoms with Crippen molar-refractivity contribution in [2.45, 2.75) is 25.8 Å². The topological polar surface area (TPSA) is 68.5 Å². The monoisotopic (exact) mass is 465 g/mol. The second kappa shape index (κ2) is 12.5. The minimum atomic E-state index is -0.505. The molecule has 1 amide bonds. The van der Waals surface area contributed by atoms with E-state index in [0.29, 0.717) is 17.2 Å². The Kier molecular flexibility index (Phi) is 8.63. The van der Waals surface area contributed by atoms with Crippen LogP contribution in [0.25, 0.3) is 0 Å². The summed E-state index contributed by atoms with van der Waals surface area (Å²) in [6, 6.07) is 32.7. The number of hydrogen-bond acceptors (Lipinski definition) is 4. The molecule has 0 saturated carbocycles. The average molecular weight is 466 g/mol. The van der Waals surface area contributed by atoms with Crippen molar-refractivity contribution in [1.82, 2.24) is 9.88 Å². The van der Waals surface area contributed by atoms with Gasteiger partial charge in [0.15, 0.2) is 0 Å². The van der Waals surface area contributed by atoms with Gasteiger partial charge < -0.3 is 10.5 Å². The zero-order chi connectivity index (χ0) is 24.3. The Labute approximate surface area is 207 Å². The number of primary amides is 1. The Bertz CT molecular complexity index is 1180. The molecule has 5 heteroatoms. The first-order chi connectivity index (χ1) is 17.2. The van der Waals surface area contributed by atoms with E-state index in [1.54, 1.807) is 12.1 Å². The summed E-state index contributed by atoms with van der Waals surface area (Å²) in [6.45, 7) is 2.99. The van der Waals surface area contributed by atoms with E-state index in [-0.39, 0.29) is 0 Å². The fourth-order valence-electron chi connectivity index (χ4n) is 3.98. The smallest absolute Gasteiger partial charge is 0.250 e. The van der Waals surface area contributed by atoms with Gasteiger partial charge >= 0.3 is 0 Å². The standard InChI is InChI=1S/C30H31N3O2/c31-30(34)27-15-18-29(32-22-27)35-28-16-13-25(14-17-28)19-21-33(23-26-10-5-2-6-11-26)20-7-12-24-8-3-1-4-9-24/h1-6,8-11,13-18,22H,7,12,19-21,23H2,(H2,31,34). The molecule has 0 unspecified atom stereocenters. The predicted octanol–water partition coefficient (Wildman–Crippen LogP) is 5.65. The quantitative estimate of drug-likeness (QED) is 0.294. The molecule has 0 fully saturated rings. The first-order valence-electron chi connectivity index (χ1n) is 12.0. The number of nitrogens with two attached hydrogens (primary N) is 1. The molecular weight excluding hydrogens is 434 g/mol. The number of amides is 1. The van der Waals surface area contributed by atoms with Gasteiger partial charge in [-0.05, 0) is 60.7 Å². The van der Waals surface area contributed by atoms with E-state index in [1.165, 1.54) is 22.9 Å². The Morgan fingerprint density at radius 2 is 1.40 bits per heavy atom. The molecule has 4 rings (SSSR count). The lowest BCUT2D eigenvalue weighted by atomic mass is 10.1. The van der Waals surface area contributed by atoms with Crippen molar-refractivity contribution in [2.24, 2.45) is 5.73 Å². The van der Waals surface area contributed by atoms with E-state index in [4.69, 9.17) is 10.5 Å². The van der Waals surface area contributed by atoms with Crippen molar-refractivity contribution >= 4 is 5.91 Å². The molecule has 5 nitrogen and oxygen atoms in total. The highest BCUT2D eigenvalue weighted by Crippen LogP contribution is 2.20. The van der Waals surface area contributed by atoms with Crippen LogP contribution >= 0.6 is 0 Å². The van der Waals surface area contributed by atoms with Crippen LogP contribution in [-0.4, -0.2) is 28.9 Å². The zero-order valence-electron chi connectivity index (χ0n) is 19.8. The minimum absolute atomic E-state index is 0.358. The first kappa shape index (κ1) is 24.2. The number of carbonyl (C=O) groups excluding carboxylic acids is 1. The van der Waals surface area contributed by atoms with Gasteiger partial charge in [0.1, 0.15) is 5.75 Å². The molecule has 0 radical (unpaired) electrons. The lowest BCUT2D eigenvalue weighted by Gasteiger charge is -2.22. The molecular formula is C30H31N3O2. The fraction of sp³-hybridized carbons (Fsp3) is 0.200.